The van der Waals surface area contributed by atoms with Gasteiger partial charge in [-0.3, -0.25) is 9.59 Å². The fourth-order valence-electron chi connectivity index (χ4n) is 2.33. The van der Waals surface area contributed by atoms with Gasteiger partial charge in [-0.15, -0.1) is 0 Å². The van der Waals surface area contributed by atoms with E-state index in [-0.39, 0.29) is 37.0 Å². The quantitative estimate of drug-likeness (QED) is 0.847. The van der Waals surface area contributed by atoms with Gasteiger partial charge in [-0.25, -0.2) is 0 Å². The van der Waals surface area contributed by atoms with Crippen LogP contribution in [-0.4, -0.2) is 31.7 Å². The summed E-state index contributed by atoms with van der Waals surface area (Å²) in [6.45, 7) is 2.03. The number of nitrogens with one attached hydrogen (secondary N) is 1. The first-order chi connectivity index (χ1) is 9.61. The topological polar surface area (TPSA) is 64.6 Å². The predicted octanol–water partition coefficient (Wildman–Crippen LogP) is 1.44. The first-order valence-electron chi connectivity index (χ1n) is 6.66. The summed E-state index contributed by atoms with van der Waals surface area (Å²) in [5, 5.41) is 3.33. The van der Waals surface area contributed by atoms with E-state index >= 15 is 0 Å². The Morgan fingerprint density at radius 2 is 2.10 bits per heavy atom. The number of benzene rings is 1. The van der Waals surface area contributed by atoms with Gasteiger partial charge in [0.05, 0.1) is 25.5 Å². The number of esters is 2. The van der Waals surface area contributed by atoms with Crippen LogP contribution in [0.2, 0.25) is 0 Å². The van der Waals surface area contributed by atoms with Crippen molar-refractivity contribution in [2.24, 2.45) is 5.92 Å². The van der Waals surface area contributed by atoms with Crippen molar-refractivity contribution in [2.75, 3.05) is 13.7 Å². The van der Waals surface area contributed by atoms with Gasteiger partial charge >= 0.3 is 11.9 Å². The third-order valence-corrected chi connectivity index (χ3v) is 3.59. The number of carbonyl (C=O) groups excluding carboxylic acids is 2. The molecule has 1 heterocycles. The lowest BCUT2D eigenvalue weighted by Crippen LogP contribution is -2.41. The molecule has 0 bridgehead atoms. The summed E-state index contributed by atoms with van der Waals surface area (Å²) < 4.78 is 9.96. The molecule has 5 heteroatoms. The van der Waals surface area contributed by atoms with Crippen LogP contribution in [0.3, 0.4) is 0 Å². The lowest BCUT2D eigenvalue weighted by molar-refractivity contribution is -0.146. The molecule has 2 unspecified atom stereocenters. The molecule has 1 saturated heterocycles. The Bertz CT molecular complexity index is 474. The first-order valence-corrected chi connectivity index (χ1v) is 6.66. The smallest absolute Gasteiger partial charge is 0.309 e. The minimum atomic E-state index is -0.406. The molecule has 0 amide bonds. The lowest BCUT2D eigenvalue weighted by Gasteiger charge is -2.24. The standard InChI is InChI=1S/C15H19NO4/c1-10(15(18)19-2)12-8-14(17)20-9-13(16-12)11-6-4-3-5-7-11/h3-7,10,12-13,16H,8-9H2,1-2H3/t10?,12?,13-/m0/s1. The van der Waals surface area contributed by atoms with E-state index in [1.165, 1.54) is 7.11 Å². The molecular weight excluding hydrogens is 258 g/mol. The van der Waals surface area contributed by atoms with E-state index in [1.54, 1.807) is 6.92 Å². The van der Waals surface area contributed by atoms with Crippen molar-refractivity contribution < 1.29 is 19.1 Å². The molecule has 0 radical (unpaired) electrons. The van der Waals surface area contributed by atoms with Crippen molar-refractivity contribution in [2.45, 2.75) is 25.4 Å². The van der Waals surface area contributed by atoms with E-state index < -0.39 is 5.92 Å². The van der Waals surface area contributed by atoms with Crippen molar-refractivity contribution in [3.05, 3.63) is 35.9 Å². The zero-order valence-electron chi connectivity index (χ0n) is 11.7. The molecule has 1 N–H and O–H groups in total. The van der Waals surface area contributed by atoms with Crippen LogP contribution in [0.25, 0.3) is 0 Å². The Balaban J connectivity index is 2.16. The number of hydrogen-bond donors (Lipinski definition) is 1. The van der Waals surface area contributed by atoms with Crippen LogP contribution >= 0.6 is 0 Å². The highest BCUT2D eigenvalue weighted by Gasteiger charge is 2.32. The Morgan fingerprint density at radius 3 is 2.75 bits per heavy atom. The Kier molecular flexibility index (Phi) is 4.74. The highest BCUT2D eigenvalue weighted by molar-refractivity contribution is 5.76. The van der Waals surface area contributed by atoms with E-state index in [1.807, 2.05) is 30.3 Å². The summed E-state index contributed by atoms with van der Waals surface area (Å²) >= 11 is 0. The first kappa shape index (κ1) is 14.5. The van der Waals surface area contributed by atoms with Crippen molar-refractivity contribution in [3.8, 4) is 0 Å². The van der Waals surface area contributed by atoms with E-state index in [2.05, 4.69) is 5.32 Å². The highest BCUT2D eigenvalue weighted by Crippen LogP contribution is 2.21. The summed E-state index contributed by atoms with van der Waals surface area (Å²) in [5.74, 6) is -1.03. The van der Waals surface area contributed by atoms with Crippen LogP contribution in [0.1, 0.15) is 24.9 Å². The van der Waals surface area contributed by atoms with Crippen LogP contribution in [0, 0.1) is 5.92 Å². The van der Waals surface area contributed by atoms with Crippen LogP contribution in [0.4, 0.5) is 0 Å². The van der Waals surface area contributed by atoms with Gasteiger partial charge in [0.15, 0.2) is 0 Å². The number of cyclic esters (lactones) is 1. The van der Waals surface area contributed by atoms with Crippen LogP contribution < -0.4 is 5.32 Å². The fourth-order valence-corrected chi connectivity index (χ4v) is 2.33. The van der Waals surface area contributed by atoms with Gasteiger partial charge in [0.25, 0.3) is 0 Å². The van der Waals surface area contributed by atoms with Gasteiger partial charge in [-0.1, -0.05) is 37.3 Å². The monoisotopic (exact) mass is 277 g/mol. The molecule has 0 saturated carbocycles. The van der Waals surface area contributed by atoms with Gasteiger partial charge in [-0.2, -0.15) is 0 Å². The molecule has 20 heavy (non-hydrogen) atoms. The Morgan fingerprint density at radius 1 is 1.40 bits per heavy atom. The van der Waals surface area contributed by atoms with Crippen LogP contribution in [-0.2, 0) is 19.1 Å². The van der Waals surface area contributed by atoms with Gasteiger partial charge < -0.3 is 14.8 Å². The van der Waals surface area contributed by atoms with E-state index in [9.17, 15) is 9.59 Å². The van der Waals surface area contributed by atoms with Gasteiger partial charge in [-0.05, 0) is 5.56 Å². The van der Waals surface area contributed by atoms with Gasteiger partial charge in [0.1, 0.15) is 6.61 Å². The maximum Gasteiger partial charge on any atom is 0.309 e. The molecule has 0 aliphatic carbocycles. The average molecular weight is 277 g/mol. The second-order valence-corrected chi connectivity index (χ2v) is 4.94. The summed E-state index contributed by atoms with van der Waals surface area (Å²) in [6, 6.07) is 9.33. The lowest BCUT2D eigenvalue weighted by atomic mass is 9.97. The molecule has 108 valence electrons. The van der Waals surface area contributed by atoms with Crippen molar-refractivity contribution in [1.82, 2.24) is 5.32 Å². The zero-order chi connectivity index (χ0) is 14.5. The summed E-state index contributed by atoms with van der Waals surface area (Å²) in [6.07, 6.45) is 0.166. The molecule has 0 spiro atoms. The molecule has 0 aromatic heterocycles. The SMILES string of the molecule is COC(=O)C(C)C1CC(=O)OC[C@@H](c2ccccc2)N1. The number of ether oxygens (including phenoxy) is 2. The molecule has 5 nitrogen and oxygen atoms in total. The summed E-state index contributed by atoms with van der Waals surface area (Å²) in [5.41, 5.74) is 1.03. The minimum absolute atomic E-state index is 0.111. The molecule has 1 aromatic rings. The average Bonchev–Trinajstić information content (AvgIpc) is 2.68. The van der Waals surface area contributed by atoms with E-state index in [4.69, 9.17) is 9.47 Å². The number of methoxy groups -OCH3 is 1. The van der Waals surface area contributed by atoms with Crippen molar-refractivity contribution >= 4 is 11.9 Å². The maximum absolute atomic E-state index is 11.7. The van der Waals surface area contributed by atoms with E-state index in [0.717, 1.165) is 5.56 Å². The van der Waals surface area contributed by atoms with Gasteiger partial charge in [0, 0.05) is 6.04 Å². The molecule has 1 aliphatic rings. The Labute approximate surface area is 118 Å². The molecular formula is C15H19NO4. The summed E-state index contributed by atoms with van der Waals surface area (Å²) in [4.78, 5) is 23.3. The highest BCUT2D eigenvalue weighted by atomic mass is 16.5. The number of hydrogen-bond acceptors (Lipinski definition) is 5. The zero-order valence-corrected chi connectivity index (χ0v) is 11.7. The second-order valence-electron chi connectivity index (χ2n) is 4.94. The number of rotatable bonds is 3. The summed E-state index contributed by atoms with van der Waals surface area (Å²) in [7, 11) is 1.35. The Hall–Kier alpha value is -1.88. The largest absolute Gasteiger partial charge is 0.469 e. The van der Waals surface area contributed by atoms with Crippen LogP contribution in [0.15, 0.2) is 30.3 Å². The van der Waals surface area contributed by atoms with Crippen molar-refractivity contribution in [1.29, 1.82) is 0 Å². The molecule has 3 atom stereocenters. The second kappa shape index (κ2) is 6.52. The minimum Gasteiger partial charge on any atom is -0.469 e. The molecule has 1 fully saturated rings. The fraction of sp³-hybridized carbons (Fsp3) is 0.467. The molecule has 1 aliphatic heterocycles. The molecule has 1 aromatic carbocycles. The van der Waals surface area contributed by atoms with Gasteiger partial charge in [0.2, 0.25) is 0 Å². The molecule has 2 rings (SSSR count). The predicted molar refractivity (Wildman–Crippen MR) is 72.9 cm³/mol. The maximum atomic E-state index is 11.7. The third kappa shape index (κ3) is 3.36. The normalized spacial score (nSPS) is 24.4. The van der Waals surface area contributed by atoms with E-state index in [0.29, 0.717) is 0 Å². The van der Waals surface area contributed by atoms with Crippen LogP contribution in [0.5, 0.6) is 0 Å². The third-order valence-electron chi connectivity index (χ3n) is 3.59. The van der Waals surface area contributed by atoms with Crippen molar-refractivity contribution in [3.63, 3.8) is 0 Å². The number of carbonyl (C=O) groups is 2.